The minimum atomic E-state index is -2.80. The number of rotatable bonds is 8. The first kappa shape index (κ1) is 16.9. The van der Waals surface area contributed by atoms with E-state index in [9.17, 15) is 8.42 Å². The van der Waals surface area contributed by atoms with Crippen LogP contribution in [-0.4, -0.2) is 75.5 Å². The highest BCUT2D eigenvalue weighted by atomic mass is 32.2. The number of nitrogens with zero attached hydrogens (tertiary/aromatic N) is 2. The molecule has 1 heterocycles. The first-order chi connectivity index (χ1) is 9.07. The molecule has 0 radical (unpaired) electrons. The summed E-state index contributed by atoms with van der Waals surface area (Å²) in [7, 11) is -2.80. The second-order valence-corrected chi connectivity index (χ2v) is 7.74. The van der Waals surface area contributed by atoms with Crippen LogP contribution in [0.2, 0.25) is 0 Å². The van der Waals surface area contributed by atoms with Gasteiger partial charge in [0.2, 0.25) is 0 Å². The molecular formula is C13H29N3O2S. The number of nitrogens with two attached hydrogens (primary N) is 1. The van der Waals surface area contributed by atoms with Gasteiger partial charge in [-0.3, -0.25) is 0 Å². The third-order valence-corrected chi connectivity index (χ3v) is 5.52. The van der Waals surface area contributed by atoms with Crippen LogP contribution in [0.15, 0.2) is 0 Å². The zero-order chi connectivity index (χ0) is 14.1. The van der Waals surface area contributed by atoms with Crippen molar-refractivity contribution in [2.24, 2.45) is 5.73 Å². The van der Waals surface area contributed by atoms with E-state index in [-0.39, 0.29) is 5.75 Å². The van der Waals surface area contributed by atoms with E-state index in [2.05, 4.69) is 9.80 Å². The molecule has 0 aromatic rings. The van der Waals surface area contributed by atoms with Gasteiger partial charge in [-0.2, -0.15) is 0 Å². The molecule has 0 atom stereocenters. The Morgan fingerprint density at radius 2 is 1.58 bits per heavy atom. The van der Waals surface area contributed by atoms with Gasteiger partial charge in [-0.25, -0.2) is 8.42 Å². The minimum Gasteiger partial charge on any atom is -0.330 e. The first-order valence-electron chi connectivity index (χ1n) is 7.42. The number of hydrogen-bond acceptors (Lipinski definition) is 5. The molecule has 0 aliphatic carbocycles. The van der Waals surface area contributed by atoms with E-state index in [0.717, 1.165) is 58.7 Å². The lowest BCUT2D eigenvalue weighted by molar-refractivity contribution is 0.256. The Bertz CT molecular complexity index is 333. The Balaban J connectivity index is 2.22. The lowest BCUT2D eigenvalue weighted by atomic mass is 10.3. The summed E-state index contributed by atoms with van der Waals surface area (Å²) in [5.41, 5.74) is 5.54. The quantitative estimate of drug-likeness (QED) is 0.690. The predicted molar refractivity (Wildman–Crippen MR) is 80.1 cm³/mol. The SMILES string of the molecule is CCS(=O)(=O)CCCN1CCCN(CCCN)CC1. The van der Waals surface area contributed by atoms with E-state index in [0.29, 0.717) is 5.75 Å². The van der Waals surface area contributed by atoms with Crippen molar-refractivity contribution >= 4 is 9.84 Å². The molecule has 1 aliphatic rings. The zero-order valence-corrected chi connectivity index (χ0v) is 13.0. The summed E-state index contributed by atoms with van der Waals surface area (Å²) < 4.78 is 22.9. The van der Waals surface area contributed by atoms with E-state index < -0.39 is 9.84 Å². The van der Waals surface area contributed by atoms with Crippen LogP contribution >= 0.6 is 0 Å². The summed E-state index contributed by atoms with van der Waals surface area (Å²) in [6.45, 7) is 8.84. The third kappa shape index (κ3) is 7.25. The van der Waals surface area contributed by atoms with Crippen LogP contribution in [0, 0.1) is 0 Å². The second kappa shape index (κ2) is 8.89. The van der Waals surface area contributed by atoms with Gasteiger partial charge in [0.25, 0.3) is 0 Å². The summed E-state index contributed by atoms with van der Waals surface area (Å²) in [6, 6.07) is 0. The molecular weight excluding hydrogens is 262 g/mol. The van der Waals surface area contributed by atoms with Crippen molar-refractivity contribution in [2.45, 2.75) is 26.2 Å². The molecule has 0 bridgehead atoms. The van der Waals surface area contributed by atoms with Crippen molar-refractivity contribution in [3.8, 4) is 0 Å². The van der Waals surface area contributed by atoms with E-state index in [1.807, 2.05) is 0 Å². The molecule has 1 aliphatic heterocycles. The fourth-order valence-corrected chi connectivity index (χ4v) is 3.30. The highest BCUT2D eigenvalue weighted by Crippen LogP contribution is 2.05. The average molecular weight is 291 g/mol. The molecule has 0 saturated carbocycles. The van der Waals surface area contributed by atoms with Gasteiger partial charge < -0.3 is 15.5 Å². The highest BCUT2D eigenvalue weighted by molar-refractivity contribution is 7.91. The van der Waals surface area contributed by atoms with Crippen LogP contribution in [-0.2, 0) is 9.84 Å². The Morgan fingerprint density at radius 1 is 1.00 bits per heavy atom. The molecule has 2 N–H and O–H groups in total. The molecule has 19 heavy (non-hydrogen) atoms. The lowest BCUT2D eigenvalue weighted by Crippen LogP contribution is -2.33. The van der Waals surface area contributed by atoms with Gasteiger partial charge >= 0.3 is 0 Å². The molecule has 0 aromatic heterocycles. The maximum atomic E-state index is 11.4. The van der Waals surface area contributed by atoms with Crippen molar-refractivity contribution < 1.29 is 8.42 Å². The Hall–Kier alpha value is -0.170. The zero-order valence-electron chi connectivity index (χ0n) is 12.2. The molecule has 0 aromatic carbocycles. The highest BCUT2D eigenvalue weighted by Gasteiger charge is 2.15. The third-order valence-electron chi connectivity index (χ3n) is 3.73. The van der Waals surface area contributed by atoms with E-state index in [1.165, 1.54) is 6.42 Å². The fraction of sp³-hybridized carbons (Fsp3) is 1.00. The van der Waals surface area contributed by atoms with Crippen LogP contribution in [0.5, 0.6) is 0 Å². The smallest absolute Gasteiger partial charge is 0.150 e. The molecule has 6 heteroatoms. The predicted octanol–water partition coefficient (Wildman–Crippen LogP) is 0.168. The molecule has 1 rings (SSSR count). The molecule has 0 amide bonds. The van der Waals surface area contributed by atoms with Crippen molar-refractivity contribution in [1.82, 2.24) is 9.80 Å². The summed E-state index contributed by atoms with van der Waals surface area (Å²) in [5.74, 6) is 0.594. The van der Waals surface area contributed by atoms with E-state index >= 15 is 0 Å². The maximum Gasteiger partial charge on any atom is 0.150 e. The van der Waals surface area contributed by atoms with Crippen LogP contribution < -0.4 is 5.73 Å². The van der Waals surface area contributed by atoms with Crippen molar-refractivity contribution in [3.63, 3.8) is 0 Å². The van der Waals surface area contributed by atoms with Crippen molar-refractivity contribution in [2.75, 3.05) is 57.3 Å². The van der Waals surface area contributed by atoms with Crippen molar-refractivity contribution in [3.05, 3.63) is 0 Å². The molecule has 0 unspecified atom stereocenters. The van der Waals surface area contributed by atoms with Gasteiger partial charge in [0.05, 0.1) is 5.75 Å². The normalized spacial score (nSPS) is 19.5. The van der Waals surface area contributed by atoms with Crippen LogP contribution in [0.25, 0.3) is 0 Å². The number of sulfone groups is 1. The summed E-state index contributed by atoms with van der Waals surface area (Å²) >= 11 is 0. The molecule has 1 fully saturated rings. The Kier molecular flexibility index (Phi) is 7.90. The molecule has 1 saturated heterocycles. The topological polar surface area (TPSA) is 66.6 Å². The minimum absolute atomic E-state index is 0.264. The van der Waals surface area contributed by atoms with Gasteiger partial charge in [0.1, 0.15) is 9.84 Å². The van der Waals surface area contributed by atoms with Gasteiger partial charge in [-0.15, -0.1) is 0 Å². The van der Waals surface area contributed by atoms with Gasteiger partial charge in [-0.1, -0.05) is 6.92 Å². The van der Waals surface area contributed by atoms with Crippen molar-refractivity contribution in [1.29, 1.82) is 0 Å². The number of hydrogen-bond donors (Lipinski definition) is 1. The largest absolute Gasteiger partial charge is 0.330 e. The Labute approximate surface area is 118 Å². The van der Waals surface area contributed by atoms with Gasteiger partial charge in [0.15, 0.2) is 0 Å². The van der Waals surface area contributed by atoms with Gasteiger partial charge in [-0.05, 0) is 52.0 Å². The summed E-state index contributed by atoms with van der Waals surface area (Å²) in [5, 5.41) is 0. The lowest BCUT2D eigenvalue weighted by Gasteiger charge is -2.21. The van der Waals surface area contributed by atoms with Gasteiger partial charge in [0, 0.05) is 18.8 Å². The molecule has 114 valence electrons. The van der Waals surface area contributed by atoms with Crippen LogP contribution in [0.3, 0.4) is 0 Å². The summed E-state index contributed by atoms with van der Waals surface area (Å²) in [6.07, 6.45) is 3.00. The van der Waals surface area contributed by atoms with Crippen LogP contribution in [0.4, 0.5) is 0 Å². The van der Waals surface area contributed by atoms with E-state index in [1.54, 1.807) is 6.92 Å². The average Bonchev–Trinajstić information content (AvgIpc) is 2.62. The maximum absolute atomic E-state index is 11.4. The van der Waals surface area contributed by atoms with Crippen LogP contribution in [0.1, 0.15) is 26.2 Å². The Morgan fingerprint density at radius 3 is 2.11 bits per heavy atom. The second-order valence-electron chi connectivity index (χ2n) is 5.27. The molecule has 5 nitrogen and oxygen atoms in total. The monoisotopic (exact) mass is 291 g/mol. The fourth-order valence-electron chi connectivity index (χ4n) is 2.44. The summed E-state index contributed by atoms with van der Waals surface area (Å²) in [4.78, 5) is 4.86. The molecule has 0 spiro atoms. The van der Waals surface area contributed by atoms with E-state index in [4.69, 9.17) is 5.73 Å². The standard InChI is InChI=1S/C13H29N3O2S/c1-2-19(17,18)13-5-10-16-9-4-8-15(11-12-16)7-3-6-14/h2-14H2,1H3. The first-order valence-corrected chi connectivity index (χ1v) is 9.24.